The summed E-state index contributed by atoms with van der Waals surface area (Å²) in [6.45, 7) is 1.47. The number of aromatic nitrogens is 4. The van der Waals surface area contributed by atoms with Gasteiger partial charge in [-0.05, 0) is 42.5 Å². The lowest BCUT2D eigenvalue weighted by Crippen LogP contribution is -2.39. The number of carbonyl (C=O) groups excluding carboxylic acids is 1. The predicted molar refractivity (Wildman–Crippen MR) is 108 cm³/mol. The zero-order valence-corrected chi connectivity index (χ0v) is 16.0. The Labute approximate surface area is 166 Å². The van der Waals surface area contributed by atoms with Crippen molar-refractivity contribution in [1.82, 2.24) is 24.5 Å². The third-order valence-electron chi connectivity index (χ3n) is 5.15. The van der Waals surface area contributed by atoms with E-state index in [1.54, 1.807) is 6.20 Å². The smallest absolute Gasteiger partial charge is 0.263 e. The number of carbonyl (C=O) groups is 1. The number of hydrogen-bond donors (Lipinski definition) is 0. The SMILES string of the molecule is O=C(c1cccs1)N1CCCC(c2nc3ccc(-c4cccnc4)cn3n2)C1. The fourth-order valence-corrected chi connectivity index (χ4v) is 4.40. The van der Waals surface area contributed by atoms with Crippen LogP contribution in [0.4, 0.5) is 0 Å². The monoisotopic (exact) mass is 389 g/mol. The molecule has 1 atom stereocenters. The van der Waals surface area contributed by atoms with E-state index < -0.39 is 0 Å². The molecule has 4 aromatic heterocycles. The third-order valence-corrected chi connectivity index (χ3v) is 6.01. The Morgan fingerprint density at radius 2 is 2.11 bits per heavy atom. The van der Waals surface area contributed by atoms with Crippen LogP contribution in [-0.4, -0.2) is 43.5 Å². The normalized spacial score (nSPS) is 17.1. The first-order valence-corrected chi connectivity index (χ1v) is 10.3. The minimum atomic E-state index is 0.113. The molecule has 4 aromatic rings. The summed E-state index contributed by atoms with van der Waals surface area (Å²) in [6.07, 6.45) is 7.56. The number of nitrogens with zero attached hydrogens (tertiary/aromatic N) is 5. The molecule has 0 spiro atoms. The van der Waals surface area contributed by atoms with E-state index in [0.29, 0.717) is 6.54 Å². The first-order chi connectivity index (χ1) is 13.8. The van der Waals surface area contributed by atoms with E-state index in [-0.39, 0.29) is 11.8 Å². The Balaban J connectivity index is 1.40. The van der Waals surface area contributed by atoms with Crippen molar-refractivity contribution in [3.63, 3.8) is 0 Å². The highest BCUT2D eigenvalue weighted by Crippen LogP contribution is 2.27. The minimum Gasteiger partial charge on any atom is -0.337 e. The number of likely N-dealkylation sites (tertiary alicyclic amines) is 1. The topological polar surface area (TPSA) is 63.4 Å². The van der Waals surface area contributed by atoms with Gasteiger partial charge in [-0.1, -0.05) is 12.1 Å². The molecule has 0 saturated carbocycles. The van der Waals surface area contributed by atoms with Crippen LogP contribution in [0.25, 0.3) is 16.8 Å². The fraction of sp³-hybridized carbons (Fsp3) is 0.238. The molecule has 0 aliphatic carbocycles. The maximum Gasteiger partial charge on any atom is 0.263 e. The molecule has 1 aliphatic heterocycles. The lowest BCUT2D eigenvalue weighted by Gasteiger charge is -2.31. The molecule has 0 radical (unpaired) electrons. The molecule has 28 heavy (non-hydrogen) atoms. The van der Waals surface area contributed by atoms with Gasteiger partial charge in [0.25, 0.3) is 5.91 Å². The first-order valence-electron chi connectivity index (χ1n) is 9.37. The van der Waals surface area contributed by atoms with Crippen molar-refractivity contribution in [3.8, 4) is 11.1 Å². The van der Waals surface area contributed by atoms with Gasteiger partial charge in [-0.2, -0.15) is 5.10 Å². The average molecular weight is 389 g/mol. The molecule has 6 nitrogen and oxygen atoms in total. The van der Waals surface area contributed by atoms with Crippen LogP contribution >= 0.6 is 11.3 Å². The van der Waals surface area contributed by atoms with Crippen LogP contribution in [0, 0.1) is 0 Å². The van der Waals surface area contributed by atoms with E-state index in [2.05, 4.69) is 4.98 Å². The molecule has 0 N–H and O–H groups in total. The fourth-order valence-electron chi connectivity index (χ4n) is 3.71. The molecule has 1 saturated heterocycles. The number of pyridine rings is 2. The summed E-state index contributed by atoms with van der Waals surface area (Å²) >= 11 is 1.49. The van der Waals surface area contributed by atoms with Gasteiger partial charge in [-0.25, -0.2) is 9.50 Å². The second-order valence-corrected chi connectivity index (χ2v) is 7.95. The summed E-state index contributed by atoms with van der Waals surface area (Å²) in [5.74, 6) is 1.09. The molecular formula is C21H19N5OS. The van der Waals surface area contributed by atoms with E-state index in [1.807, 2.05) is 63.6 Å². The molecule has 7 heteroatoms. The standard InChI is InChI=1S/C21H19N5OS/c27-21(18-6-3-11-28-18)25-10-2-5-17(13-25)20-23-19-8-7-16(14-26(19)24-20)15-4-1-9-22-12-15/h1,3-4,6-9,11-12,14,17H,2,5,10,13H2. The molecule has 0 aromatic carbocycles. The number of fused-ring (bicyclic) bond motifs is 1. The quantitative estimate of drug-likeness (QED) is 0.534. The van der Waals surface area contributed by atoms with E-state index >= 15 is 0 Å². The molecule has 1 fully saturated rings. The van der Waals surface area contributed by atoms with Crippen LogP contribution in [-0.2, 0) is 0 Å². The van der Waals surface area contributed by atoms with Gasteiger partial charge < -0.3 is 4.90 Å². The summed E-state index contributed by atoms with van der Waals surface area (Å²) in [5, 5.41) is 6.67. The van der Waals surface area contributed by atoms with Gasteiger partial charge in [-0.15, -0.1) is 11.3 Å². The van der Waals surface area contributed by atoms with Crippen LogP contribution in [0.15, 0.2) is 60.4 Å². The Kier molecular flexibility index (Phi) is 4.37. The highest BCUT2D eigenvalue weighted by molar-refractivity contribution is 7.12. The van der Waals surface area contributed by atoms with Crippen molar-refractivity contribution >= 4 is 22.9 Å². The predicted octanol–water partition coefficient (Wildman–Crippen LogP) is 3.87. The third kappa shape index (κ3) is 3.18. The number of rotatable bonds is 3. The minimum absolute atomic E-state index is 0.113. The Bertz CT molecular complexity index is 1110. The molecular weight excluding hydrogens is 370 g/mol. The van der Waals surface area contributed by atoms with Gasteiger partial charge in [0.2, 0.25) is 0 Å². The molecule has 1 aliphatic rings. The van der Waals surface area contributed by atoms with E-state index in [9.17, 15) is 4.79 Å². The Morgan fingerprint density at radius 3 is 2.93 bits per heavy atom. The molecule has 1 unspecified atom stereocenters. The summed E-state index contributed by atoms with van der Waals surface area (Å²) in [4.78, 5) is 24.3. The van der Waals surface area contributed by atoms with E-state index in [1.165, 1.54) is 11.3 Å². The van der Waals surface area contributed by atoms with E-state index in [0.717, 1.165) is 46.9 Å². The van der Waals surface area contributed by atoms with E-state index in [4.69, 9.17) is 10.1 Å². The summed E-state index contributed by atoms with van der Waals surface area (Å²) in [7, 11) is 0. The number of piperidine rings is 1. The average Bonchev–Trinajstić information content (AvgIpc) is 3.43. The van der Waals surface area contributed by atoms with Crippen LogP contribution in [0.3, 0.4) is 0 Å². The highest BCUT2D eigenvalue weighted by Gasteiger charge is 2.28. The lowest BCUT2D eigenvalue weighted by molar-refractivity contribution is 0.0709. The number of hydrogen-bond acceptors (Lipinski definition) is 5. The van der Waals surface area contributed by atoms with Crippen LogP contribution in [0.2, 0.25) is 0 Å². The molecule has 5 rings (SSSR count). The summed E-state index contributed by atoms with van der Waals surface area (Å²) in [5.41, 5.74) is 2.92. The van der Waals surface area contributed by atoms with Crippen molar-refractivity contribution in [1.29, 1.82) is 0 Å². The Morgan fingerprint density at radius 1 is 1.14 bits per heavy atom. The van der Waals surface area contributed by atoms with Gasteiger partial charge in [0.15, 0.2) is 11.5 Å². The van der Waals surface area contributed by atoms with Crippen molar-refractivity contribution < 1.29 is 4.79 Å². The van der Waals surface area contributed by atoms with Crippen LogP contribution in [0.1, 0.15) is 34.3 Å². The Hall–Kier alpha value is -3.06. The number of thiophene rings is 1. The van der Waals surface area contributed by atoms with Crippen molar-refractivity contribution in [2.24, 2.45) is 0 Å². The molecule has 0 bridgehead atoms. The zero-order valence-electron chi connectivity index (χ0n) is 15.2. The number of amides is 1. The van der Waals surface area contributed by atoms with Crippen LogP contribution in [0.5, 0.6) is 0 Å². The molecule has 140 valence electrons. The van der Waals surface area contributed by atoms with Gasteiger partial charge in [0.1, 0.15) is 0 Å². The first kappa shape index (κ1) is 17.1. The van der Waals surface area contributed by atoms with Crippen molar-refractivity contribution in [2.45, 2.75) is 18.8 Å². The second-order valence-electron chi connectivity index (χ2n) is 7.00. The van der Waals surface area contributed by atoms with Gasteiger partial charge in [0.05, 0.1) is 4.88 Å². The summed E-state index contributed by atoms with van der Waals surface area (Å²) in [6, 6.07) is 11.8. The van der Waals surface area contributed by atoms with Gasteiger partial charge in [0, 0.05) is 48.7 Å². The lowest BCUT2D eigenvalue weighted by atomic mass is 9.97. The maximum atomic E-state index is 12.7. The van der Waals surface area contributed by atoms with Crippen molar-refractivity contribution in [2.75, 3.05) is 13.1 Å². The second kappa shape index (κ2) is 7.16. The van der Waals surface area contributed by atoms with Gasteiger partial charge >= 0.3 is 0 Å². The van der Waals surface area contributed by atoms with Gasteiger partial charge in [-0.3, -0.25) is 9.78 Å². The molecule has 1 amide bonds. The summed E-state index contributed by atoms with van der Waals surface area (Å²) < 4.78 is 1.83. The maximum absolute atomic E-state index is 12.7. The highest BCUT2D eigenvalue weighted by atomic mass is 32.1. The zero-order chi connectivity index (χ0) is 18.9. The van der Waals surface area contributed by atoms with Crippen LogP contribution < -0.4 is 0 Å². The molecule has 5 heterocycles. The van der Waals surface area contributed by atoms with Crippen molar-refractivity contribution in [3.05, 3.63) is 71.1 Å². The largest absolute Gasteiger partial charge is 0.337 e.